The molecule has 1 N–H and O–H groups in total. The highest BCUT2D eigenvalue weighted by Crippen LogP contribution is 2.33. The van der Waals surface area contributed by atoms with Gasteiger partial charge in [0.05, 0.1) is 12.2 Å². The number of benzene rings is 1. The van der Waals surface area contributed by atoms with Gasteiger partial charge >= 0.3 is 0 Å². The lowest BCUT2D eigenvalue weighted by molar-refractivity contribution is -0.117. The Hall–Kier alpha value is -1.76. The highest BCUT2D eigenvalue weighted by atomic mass is 35.5. The summed E-state index contributed by atoms with van der Waals surface area (Å²) in [4.78, 5) is 32.1. The number of Topliss-reactive ketones (excluding diaryl/α,β-unsaturated/α-hetero) is 1. The number of hydrogen-bond donors (Lipinski definition) is 1. The number of carbonyl (C=O) groups is 2. The summed E-state index contributed by atoms with van der Waals surface area (Å²) in [5, 5.41) is 4.24. The summed E-state index contributed by atoms with van der Waals surface area (Å²) in [5.41, 5.74) is 1.73. The van der Waals surface area contributed by atoms with E-state index in [1.165, 1.54) is 11.3 Å². The molecule has 1 amide bonds. The maximum atomic E-state index is 12.4. The molecule has 2 heterocycles. The van der Waals surface area contributed by atoms with Crippen LogP contribution in [0.5, 0.6) is 0 Å². The summed E-state index contributed by atoms with van der Waals surface area (Å²) in [6.45, 7) is 1.88. The van der Waals surface area contributed by atoms with Crippen molar-refractivity contribution in [1.82, 2.24) is 9.88 Å². The second-order valence-electron chi connectivity index (χ2n) is 6.54. The summed E-state index contributed by atoms with van der Waals surface area (Å²) in [7, 11) is 0. The number of fused-ring (bicyclic) bond motifs is 1. The lowest BCUT2D eigenvalue weighted by Gasteiger charge is -2.25. The Balaban J connectivity index is 1.38. The fourth-order valence-corrected chi connectivity index (χ4v) is 4.10. The Kier molecular flexibility index (Phi) is 4.58. The number of nitrogens with one attached hydrogen (secondary N) is 1. The molecular weight excluding hydrogens is 358 g/mol. The maximum Gasteiger partial charge on any atom is 0.229 e. The first-order valence-electron chi connectivity index (χ1n) is 8.39. The monoisotopic (exact) mass is 375 g/mol. The third kappa shape index (κ3) is 3.92. The van der Waals surface area contributed by atoms with E-state index in [1.54, 1.807) is 24.3 Å². The van der Waals surface area contributed by atoms with E-state index in [4.69, 9.17) is 11.6 Å². The van der Waals surface area contributed by atoms with Crippen LogP contribution in [0, 0.1) is 5.92 Å². The van der Waals surface area contributed by atoms with Crippen LogP contribution in [0.2, 0.25) is 5.02 Å². The minimum atomic E-state index is 0.0841. The first kappa shape index (κ1) is 16.7. The summed E-state index contributed by atoms with van der Waals surface area (Å²) in [6.07, 6.45) is 2.77. The van der Waals surface area contributed by atoms with Crippen LogP contribution >= 0.6 is 22.9 Å². The molecule has 2 aromatic rings. The lowest BCUT2D eigenvalue weighted by Crippen LogP contribution is -2.34. The normalized spacial score (nSPS) is 17.2. The van der Waals surface area contributed by atoms with Crippen molar-refractivity contribution in [2.45, 2.75) is 25.8 Å². The molecule has 0 atom stereocenters. The van der Waals surface area contributed by atoms with Gasteiger partial charge in [0.15, 0.2) is 10.9 Å². The number of ketones is 1. The Morgan fingerprint density at radius 2 is 2.04 bits per heavy atom. The predicted molar refractivity (Wildman–Crippen MR) is 98.2 cm³/mol. The molecule has 0 radical (unpaired) electrons. The molecule has 2 aliphatic rings. The highest BCUT2D eigenvalue weighted by molar-refractivity contribution is 7.15. The van der Waals surface area contributed by atoms with Gasteiger partial charge in [0.25, 0.3) is 0 Å². The lowest BCUT2D eigenvalue weighted by atomic mass is 10.1. The standard InChI is InChI=1S/C18H18ClN3O2S/c19-13-5-3-11(4-6-13)15(23)9-22-8-7-14-16(10-22)25-18(20-14)21-17(24)12-1-2-12/h3-6,12H,1-2,7-10H2,(H,20,21,24). The van der Waals surface area contributed by atoms with Gasteiger partial charge in [-0.3, -0.25) is 14.5 Å². The van der Waals surface area contributed by atoms with E-state index in [-0.39, 0.29) is 17.6 Å². The zero-order valence-corrected chi connectivity index (χ0v) is 15.2. The van der Waals surface area contributed by atoms with Crippen LogP contribution in [-0.4, -0.2) is 34.7 Å². The molecule has 1 saturated carbocycles. The topological polar surface area (TPSA) is 62.3 Å². The Morgan fingerprint density at radius 1 is 1.28 bits per heavy atom. The summed E-state index contributed by atoms with van der Waals surface area (Å²) >= 11 is 7.39. The first-order chi connectivity index (χ1) is 12.1. The van der Waals surface area contributed by atoms with E-state index in [2.05, 4.69) is 15.2 Å². The Labute approximate surface area is 155 Å². The van der Waals surface area contributed by atoms with Crippen LogP contribution < -0.4 is 5.32 Å². The van der Waals surface area contributed by atoms with E-state index < -0.39 is 0 Å². The van der Waals surface area contributed by atoms with Crippen molar-refractivity contribution >= 4 is 39.8 Å². The number of halogens is 1. The van der Waals surface area contributed by atoms with Gasteiger partial charge in [-0.25, -0.2) is 4.98 Å². The molecule has 0 spiro atoms. The fraction of sp³-hybridized carbons (Fsp3) is 0.389. The van der Waals surface area contributed by atoms with Crippen LogP contribution in [0.1, 0.15) is 33.8 Å². The minimum absolute atomic E-state index is 0.0841. The second-order valence-corrected chi connectivity index (χ2v) is 8.06. The molecule has 1 fully saturated rings. The average molecular weight is 376 g/mol. The third-order valence-electron chi connectivity index (χ3n) is 4.52. The molecule has 25 heavy (non-hydrogen) atoms. The van der Waals surface area contributed by atoms with Gasteiger partial charge in [0, 0.05) is 40.9 Å². The summed E-state index contributed by atoms with van der Waals surface area (Å²) < 4.78 is 0. The van der Waals surface area contributed by atoms with Crippen LogP contribution in [0.25, 0.3) is 0 Å². The largest absolute Gasteiger partial charge is 0.302 e. The van der Waals surface area contributed by atoms with E-state index in [9.17, 15) is 9.59 Å². The number of amides is 1. The molecule has 0 saturated heterocycles. The minimum Gasteiger partial charge on any atom is -0.302 e. The molecule has 1 aliphatic carbocycles. The predicted octanol–water partition coefficient (Wildman–Crippen LogP) is 3.39. The summed E-state index contributed by atoms with van der Waals surface area (Å²) in [6, 6.07) is 7.00. The zero-order valence-electron chi connectivity index (χ0n) is 13.6. The van der Waals surface area contributed by atoms with Gasteiger partial charge in [0.1, 0.15) is 0 Å². The second kappa shape index (κ2) is 6.86. The van der Waals surface area contributed by atoms with Crippen molar-refractivity contribution in [2.24, 2.45) is 5.92 Å². The van der Waals surface area contributed by atoms with E-state index in [0.29, 0.717) is 28.8 Å². The number of nitrogens with zero attached hydrogens (tertiary/aromatic N) is 2. The van der Waals surface area contributed by atoms with Gasteiger partial charge in [-0.1, -0.05) is 11.6 Å². The van der Waals surface area contributed by atoms with Crippen molar-refractivity contribution in [2.75, 3.05) is 18.4 Å². The average Bonchev–Trinajstić information content (AvgIpc) is 3.36. The molecule has 0 unspecified atom stereocenters. The quantitative estimate of drug-likeness (QED) is 0.814. The van der Waals surface area contributed by atoms with Crippen molar-refractivity contribution < 1.29 is 9.59 Å². The third-order valence-corrected chi connectivity index (χ3v) is 5.77. The van der Waals surface area contributed by atoms with Crippen molar-refractivity contribution in [3.8, 4) is 0 Å². The number of hydrogen-bond acceptors (Lipinski definition) is 5. The Morgan fingerprint density at radius 3 is 2.76 bits per heavy atom. The highest BCUT2D eigenvalue weighted by Gasteiger charge is 2.31. The summed E-state index contributed by atoms with van der Waals surface area (Å²) in [5.74, 6) is 0.349. The molecule has 1 aromatic carbocycles. The van der Waals surface area contributed by atoms with Gasteiger partial charge in [-0.05, 0) is 37.1 Å². The molecule has 0 bridgehead atoms. The smallest absolute Gasteiger partial charge is 0.229 e. The molecule has 5 nitrogen and oxygen atoms in total. The van der Waals surface area contributed by atoms with E-state index in [1.807, 2.05) is 0 Å². The SMILES string of the molecule is O=C(CN1CCc2nc(NC(=O)C3CC3)sc2C1)c1ccc(Cl)cc1. The number of aromatic nitrogens is 1. The Bertz CT molecular complexity index is 814. The van der Waals surface area contributed by atoms with Gasteiger partial charge in [0.2, 0.25) is 5.91 Å². The molecular formula is C18H18ClN3O2S. The molecule has 130 valence electrons. The van der Waals surface area contributed by atoms with Crippen LogP contribution in [0.3, 0.4) is 0 Å². The van der Waals surface area contributed by atoms with Crippen molar-refractivity contribution in [3.63, 3.8) is 0 Å². The van der Waals surface area contributed by atoms with Gasteiger partial charge in [-0.2, -0.15) is 0 Å². The van der Waals surface area contributed by atoms with E-state index in [0.717, 1.165) is 36.4 Å². The molecule has 1 aliphatic heterocycles. The molecule has 1 aromatic heterocycles. The van der Waals surface area contributed by atoms with Gasteiger partial charge < -0.3 is 5.32 Å². The number of thiazole rings is 1. The fourth-order valence-electron chi connectivity index (χ4n) is 2.92. The maximum absolute atomic E-state index is 12.4. The van der Waals surface area contributed by atoms with Crippen LogP contribution in [0.4, 0.5) is 5.13 Å². The van der Waals surface area contributed by atoms with Crippen molar-refractivity contribution in [3.05, 3.63) is 45.4 Å². The number of anilines is 1. The first-order valence-corrected chi connectivity index (χ1v) is 9.58. The number of rotatable bonds is 5. The van der Waals surface area contributed by atoms with Crippen LogP contribution in [-0.2, 0) is 17.8 Å². The van der Waals surface area contributed by atoms with Gasteiger partial charge in [-0.15, -0.1) is 11.3 Å². The number of carbonyl (C=O) groups excluding carboxylic acids is 2. The van der Waals surface area contributed by atoms with Crippen molar-refractivity contribution in [1.29, 1.82) is 0 Å². The van der Waals surface area contributed by atoms with Crippen LogP contribution in [0.15, 0.2) is 24.3 Å². The molecule has 4 rings (SSSR count). The van der Waals surface area contributed by atoms with E-state index >= 15 is 0 Å². The molecule has 7 heteroatoms. The zero-order chi connectivity index (χ0) is 17.4.